The maximum atomic E-state index is 12.4. The van der Waals surface area contributed by atoms with E-state index >= 15 is 0 Å². The van der Waals surface area contributed by atoms with Crippen molar-refractivity contribution < 1.29 is 4.79 Å². The molecule has 7 heteroatoms. The zero-order valence-electron chi connectivity index (χ0n) is 15.7. The number of amides is 1. The lowest BCUT2D eigenvalue weighted by Gasteiger charge is -2.35. The van der Waals surface area contributed by atoms with Crippen molar-refractivity contribution in [1.29, 1.82) is 0 Å². The van der Waals surface area contributed by atoms with E-state index in [2.05, 4.69) is 19.8 Å². The zero-order valence-corrected chi connectivity index (χ0v) is 15.7. The van der Waals surface area contributed by atoms with Crippen LogP contribution in [0.4, 0.5) is 0 Å². The molecule has 3 heterocycles. The van der Waals surface area contributed by atoms with Crippen LogP contribution in [0.3, 0.4) is 0 Å². The van der Waals surface area contributed by atoms with E-state index in [1.165, 1.54) is 6.42 Å². The Morgan fingerprint density at radius 2 is 1.67 bits per heavy atom. The third-order valence-corrected chi connectivity index (χ3v) is 5.57. The van der Waals surface area contributed by atoms with Crippen LogP contribution >= 0.6 is 0 Å². The summed E-state index contributed by atoms with van der Waals surface area (Å²) in [6.07, 6.45) is 3.51. The maximum absolute atomic E-state index is 12.4. The zero-order chi connectivity index (χ0) is 18.6. The minimum absolute atomic E-state index is 0.0821. The van der Waals surface area contributed by atoms with E-state index in [1.807, 2.05) is 23.1 Å². The third kappa shape index (κ3) is 4.36. The lowest BCUT2D eigenvalue weighted by Crippen LogP contribution is -2.50. The van der Waals surface area contributed by atoms with Crippen LogP contribution in [0, 0.1) is 0 Å². The molecule has 0 radical (unpaired) electrons. The maximum Gasteiger partial charge on any atom is 0.258 e. The summed E-state index contributed by atoms with van der Waals surface area (Å²) in [5.41, 5.74) is 0.656. The van der Waals surface area contributed by atoms with E-state index in [0.29, 0.717) is 24.3 Å². The molecule has 2 aliphatic rings. The van der Waals surface area contributed by atoms with Crippen molar-refractivity contribution in [3.8, 4) is 0 Å². The van der Waals surface area contributed by atoms with Crippen LogP contribution in [-0.4, -0.2) is 76.4 Å². The number of hydrogen-bond donors (Lipinski definition) is 1. The first-order chi connectivity index (χ1) is 13.2. The van der Waals surface area contributed by atoms with Gasteiger partial charge in [0, 0.05) is 39.3 Å². The van der Waals surface area contributed by atoms with E-state index in [-0.39, 0.29) is 11.5 Å². The molecule has 0 saturated carbocycles. The molecule has 0 aliphatic carbocycles. The number of piperazine rings is 1. The number of carbonyl (C=O) groups is 1. The van der Waals surface area contributed by atoms with Gasteiger partial charge in [0.15, 0.2) is 0 Å². The Kier molecular flexibility index (Phi) is 5.50. The van der Waals surface area contributed by atoms with E-state index in [9.17, 15) is 9.59 Å². The third-order valence-electron chi connectivity index (χ3n) is 5.57. The molecule has 7 nitrogen and oxygen atoms in total. The quantitative estimate of drug-likeness (QED) is 0.872. The summed E-state index contributed by atoms with van der Waals surface area (Å²) in [5.74, 6) is 0.972. The summed E-state index contributed by atoms with van der Waals surface area (Å²) in [6.45, 7) is 6.49. The van der Waals surface area contributed by atoms with Gasteiger partial charge in [-0.3, -0.25) is 19.4 Å². The summed E-state index contributed by atoms with van der Waals surface area (Å²) < 4.78 is 0. The Bertz CT molecular complexity index is 851. The first-order valence-electron chi connectivity index (χ1n) is 9.89. The van der Waals surface area contributed by atoms with Crippen molar-refractivity contribution in [1.82, 2.24) is 24.7 Å². The molecule has 1 N–H and O–H groups in total. The average molecular weight is 369 g/mol. The summed E-state index contributed by atoms with van der Waals surface area (Å²) in [7, 11) is 0. The molecule has 0 bridgehead atoms. The highest BCUT2D eigenvalue weighted by Crippen LogP contribution is 2.11. The second kappa shape index (κ2) is 8.19. The summed E-state index contributed by atoms with van der Waals surface area (Å²) in [6, 6.07) is 7.42. The van der Waals surface area contributed by atoms with Gasteiger partial charge in [0.2, 0.25) is 5.91 Å². The van der Waals surface area contributed by atoms with Crippen molar-refractivity contribution in [2.24, 2.45) is 0 Å². The smallest absolute Gasteiger partial charge is 0.258 e. The molecule has 2 aliphatic heterocycles. The molecule has 144 valence electrons. The van der Waals surface area contributed by atoms with Crippen molar-refractivity contribution in [2.45, 2.75) is 25.8 Å². The number of benzene rings is 1. The number of likely N-dealkylation sites (tertiary alicyclic amines) is 1. The van der Waals surface area contributed by atoms with E-state index in [0.717, 1.165) is 57.6 Å². The molecule has 1 aromatic carbocycles. The summed E-state index contributed by atoms with van der Waals surface area (Å²) in [5, 5.41) is 0.627. The highest BCUT2D eigenvalue weighted by atomic mass is 16.2. The molecule has 27 heavy (non-hydrogen) atoms. The molecule has 0 unspecified atom stereocenters. The molecule has 2 fully saturated rings. The van der Waals surface area contributed by atoms with Gasteiger partial charge in [-0.15, -0.1) is 0 Å². The van der Waals surface area contributed by atoms with E-state index in [1.54, 1.807) is 6.07 Å². The van der Waals surface area contributed by atoms with Gasteiger partial charge in [-0.25, -0.2) is 4.98 Å². The van der Waals surface area contributed by atoms with Crippen LogP contribution in [-0.2, 0) is 11.3 Å². The minimum Gasteiger partial charge on any atom is -0.342 e. The lowest BCUT2D eigenvalue weighted by molar-refractivity contribution is -0.133. The second-order valence-electron chi connectivity index (χ2n) is 7.52. The number of nitrogens with zero attached hydrogens (tertiary/aromatic N) is 4. The van der Waals surface area contributed by atoms with Crippen molar-refractivity contribution >= 4 is 16.8 Å². The summed E-state index contributed by atoms with van der Waals surface area (Å²) >= 11 is 0. The highest BCUT2D eigenvalue weighted by molar-refractivity contribution is 5.78. The lowest BCUT2D eigenvalue weighted by atomic mass is 10.1. The number of H-pyrrole nitrogens is 1. The van der Waals surface area contributed by atoms with E-state index in [4.69, 9.17) is 0 Å². The first kappa shape index (κ1) is 18.1. The van der Waals surface area contributed by atoms with Crippen LogP contribution in [0.2, 0.25) is 0 Å². The second-order valence-corrected chi connectivity index (χ2v) is 7.52. The topological polar surface area (TPSA) is 72.5 Å². The van der Waals surface area contributed by atoms with Crippen LogP contribution in [0.25, 0.3) is 10.9 Å². The van der Waals surface area contributed by atoms with Crippen LogP contribution in [0.5, 0.6) is 0 Å². The summed E-state index contributed by atoms with van der Waals surface area (Å²) in [4.78, 5) is 38.7. The predicted octanol–water partition coefficient (Wildman–Crippen LogP) is 1.05. The Morgan fingerprint density at radius 1 is 0.963 bits per heavy atom. The molecule has 2 aromatic rings. The molecule has 0 spiro atoms. The number of aromatic amines is 1. The number of fused-ring (bicyclic) bond motifs is 1. The van der Waals surface area contributed by atoms with Crippen LogP contribution in [0.15, 0.2) is 29.1 Å². The Labute approximate surface area is 159 Å². The average Bonchev–Trinajstić information content (AvgIpc) is 2.70. The molecular formula is C20H27N5O2. The monoisotopic (exact) mass is 369 g/mol. The van der Waals surface area contributed by atoms with Gasteiger partial charge in [-0.05, 0) is 31.4 Å². The number of carbonyl (C=O) groups excluding carboxylic acids is 1. The number of nitrogens with one attached hydrogen (secondary N) is 1. The largest absolute Gasteiger partial charge is 0.342 e. The molecule has 0 atom stereocenters. The van der Waals surface area contributed by atoms with Gasteiger partial charge < -0.3 is 9.88 Å². The van der Waals surface area contributed by atoms with Gasteiger partial charge >= 0.3 is 0 Å². The highest BCUT2D eigenvalue weighted by Gasteiger charge is 2.23. The number of aromatic nitrogens is 2. The Morgan fingerprint density at radius 3 is 2.44 bits per heavy atom. The fraction of sp³-hybridized carbons (Fsp3) is 0.550. The Balaban J connectivity index is 1.30. The van der Waals surface area contributed by atoms with Gasteiger partial charge in [-0.1, -0.05) is 12.1 Å². The molecule has 2 saturated heterocycles. The van der Waals surface area contributed by atoms with Crippen molar-refractivity contribution in [3.63, 3.8) is 0 Å². The number of hydrogen-bond acceptors (Lipinski definition) is 5. The molecular weight excluding hydrogens is 342 g/mol. The molecule has 1 amide bonds. The number of piperidine rings is 1. The number of rotatable bonds is 4. The van der Waals surface area contributed by atoms with E-state index < -0.39 is 0 Å². The first-order valence-corrected chi connectivity index (χ1v) is 9.89. The fourth-order valence-electron chi connectivity index (χ4n) is 3.96. The fourth-order valence-corrected chi connectivity index (χ4v) is 3.96. The van der Waals surface area contributed by atoms with Gasteiger partial charge in [-0.2, -0.15) is 0 Å². The standard InChI is InChI=1S/C20H27N5O2/c26-19(25-8-4-1-5-9-25)15-24-12-10-23(11-13-24)14-18-21-17-7-3-2-6-16(17)20(27)22-18/h2-3,6-7H,1,4-5,8-15H2,(H,21,22,27). The van der Waals surface area contributed by atoms with Gasteiger partial charge in [0.25, 0.3) is 5.56 Å². The van der Waals surface area contributed by atoms with Crippen molar-refractivity contribution in [3.05, 3.63) is 40.4 Å². The van der Waals surface area contributed by atoms with Gasteiger partial charge in [0.1, 0.15) is 5.82 Å². The normalized spacial score (nSPS) is 19.5. The minimum atomic E-state index is -0.0821. The predicted molar refractivity (Wildman–Crippen MR) is 105 cm³/mol. The van der Waals surface area contributed by atoms with Crippen LogP contribution in [0.1, 0.15) is 25.1 Å². The molecule has 1 aromatic heterocycles. The number of para-hydroxylation sites is 1. The van der Waals surface area contributed by atoms with Crippen LogP contribution < -0.4 is 5.56 Å². The Hall–Kier alpha value is -2.25. The SMILES string of the molecule is O=C(CN1CCN(Cc2nc3ccccc3c(=O)[nH]2)CC1)N1CCCCC1. The van der Waals surface area contributed by atoms with Crippen molar-refractivity contribution in [2.75, 3.05) is 45.8 Å². The molecule has 4 rings (SSSR count). The van der Waals surface area contributed by atoms with Gasteiger partial charge in [0.05, 0.1) is 24.0 Å².